The lowest BCUT2D eigenvalue weighted by Crippen LogP contribution is -2.23. The lowest BCUT2D eigenvalue weighted by atomic mass is 9.91. The minimum Gasteiger partial charge on any atom is -0.313 e. The van der Waals surface area contributed by atoms with Crippen molar-refractivity contribution in [1.82, 2.24) is 5.32 Å². The molecule has 0 heterocycles. The first-order chi connectivity index (χ1) is 8.40. The van der Waals surface area contributed by atoms with Crippen LogP contribution in [0.1, 0.15) is 38.3 Å². The highest BCUT2D eigenvalue weighted by atomic mass is 32.2. The van der Waals surface area contributed by atoms with Crippen molar-refractivity contribution in [1.29, 1.82) is 0 Å². The summed E-state index contributed by atoms with van der Waals surface area (Å²) in [5, 5.41) is 3.31. The van der Waals surface area contributed by atoms with Gasteiger partial charge in [0.15, 0.2) is 9.84 Å². The van der Waals surface area contributed by atoms with Gasteiger partial charge in [-0.15, -0.1) is 0 Å². The van der Waals surface area contributed by atoms with Crippen LogP contribution in [0, 0.1) is 5.92 Å². The summed E-state index contributed by atoms with van der Waals surface area (Å²) in [4.78, 5) is 0.379. The molecular formula is C14H23NO2S. The maximum absolute atomic E-state index is 11.4. The second-order valence-corrected chi connectivity index (χ2v) is 6.89. The molecule has 0 spiro atoms. The molecule has 4 heteroatoms. The summed E-state index contributed by atoms with van der Waals surface area (Å²) in [6.07, 6.45) is 3.54. The zero-order valence-corrected chi connectivity index (χ0v) is 12.4. The van der Waals surface area contributed by atoms with Crippen LogP contribution < -0.4 is 5.32 Å². The van der Waals surface area contributed by atoms with E-state index >= 15 is 0 Å². The van der Waals surface area contributed by atoms with Gasteiger partial charge in [-0.25, -0.2) is 8.42 Å². The van der Waals surface area contributed by atoms with E-state index in [9.17, 15) is 8.42 Å². The summed E-state index contributed by atoms with van der Waals surface area (Å²) in [5.74, 6) is 0.532. The first kappa shape index (κ1) is 15.2. The van der Waals surface area contributed by atoms with Gasteiger partial charge in [0.25, 0.3) is 0 Å². The van der Waals surface area contributed by atoms with Crippen LogP contribution in [0.15, 0.2) is 29.2 Å². The number of nitrogens with one attached hydrogen (secondary N) is 1. The summed E-state index contributed by atoms with van der Waals surface area (Å²) in [5.41, 5.74) is 1.14. The number of rotatable bonds is 6. The number of benzene rings is 1. The monoisotopic (exact) mass is 269 g/mol. The van der Waals surface area contributed by atoms with Crippen LogP contribution in [0.3, 0.4) is 0 Å². The molecule has 0 radical (unpaired) electrons. The Bertz CT molecular complexity index is 465. The molecule has 1 aromatic rings. The van der Waals surface area contributed by atoms with E-state index in [1.54, 1.807) is 12.1 Å². The molecule has 2 atom stereocenters. The zero-order valence-electron chi connectivity index (χ0n) is 11.6. The highest BCUT2D eigenvalue weighted by molar-refractivity contribution is 7.90. The molecule has 0 amide bonds. The molecule has 0 aliphatic carbocycles. The number of hydrogen-bond donors (Lipinski definition) is 1. The highest BCUT2D eigenvalue weighted by Gasteiger charge is 2.17. The Morgan fingerprint density at radius 2 is 1.78 bits per heavy atom. The maximum Gasteiger partial charge on any atom is 0.175 e. The maximum atomic E-state index is 11.4. The lowest BCUT2D eigenvalue weighted by Gasteiger charge is -2.23. The predicted molar refractivity (Wildman–Crippen MR) is 75.4 cm³/mol. The van der Waals surface area contributed by atoms with Gasteiger partial charge >= 0.3 is 0 Å². The van der Waals surface area contributed by atoms with E-state index in [0.717, 1.165) is 18.4 Å². The third-order valence-corrected chi connectivity index (χ3v) is 4.42. The quantitative estimate of drug-likeness (QED) is 0.863. The molecule has 0 saturated heterocycles. The van der Waals surface area contributed by atoms with Crippen LogP contribution in [-0.2, 0) is 9.84 Å². The molecule has 3 nitrogen and oxygen atoms in total. The Kier molecular flexibility index (Phi) is 5.35. The fourth-order valence-corrected chi connectivity index (χ4v) is 2.95. The summed E-state index contributed by atoms with van der Waals surface area (Å²) < 4.78 is 22.8. The van der Waals surface area contributed by atoms with Crippen LogP contribution in [0.25, 0.3) is 0 Å². The van der Waals surface area contributed by atoms with Crippen molar-refractivity contribution in [3.05, 3.63) is 29.8 Å². The van der Waals surface area contributed by atoms with Crippen molar-refractivity contribution >= 4 is 9.84 Å². The summed E-state index contributed by atoms with van der Waals surface area (Å²) >= 11 is 0. The second-order valence-electron chi connectivity index (χ2n) is 4.87. The van der Waals surface area contributed by atoms with Gasteiger partial charge in [0, 0.05) is 12.3 Å². The average molecular weight is 269 g/mol. The molecular weight excluding hydrogens is 246 g/mol. The van der Waals surface area contributed by atoms with Gasteiger partial charge in [-0.3, -0.25) is 0 Å². The van der Waals surface area contributed by atoms with Gasteiger partial charge in [-0.05, 0) is 37.1 Å². The minimum absolute atomic E-state index is 0.276. The van der Waals surface area contributed by atoms with Crippen LogP contribution in [0.2, 0.25) is 0 Å². The molecule has 0 saturated carbocycles. The predicted octanol–water partition coefficient (Wildman–Crippen LogP) is 2.79. The molecule has 1 aromatic carbocycles. The van der Waals surface area contributed by atoms with Crippen LogP contribution in [0.4, 0.5) is 0 Å². The first-order valence-corrected chi connectivity index (χ1v) is 8.26. The van der Waals surface area contributed by atoms with Gasteiger partial charge in [0.1, 0.15) is 0 Å². The first-order valence-electron chi connectivity index (χ1n) is 6.37. The van der Waals surface area contributed by atoms with Gasteiger partial charge in [-0.2, -0.15) is 0 Å². The smallest absolute Gasteiger partial charge is 0.175 e. The summed E-state index contributed by atoms with van der Waals surface area (Å²) in [6.45, 7) is 4.39. The highest BCUT2D eigenvalue weighted by Crippen LogP contribution is 2.26. The lowest BCUT2D eigenvalue weighted by molar-refractivity contribution is 0.384. The molecule has 102 valence electrons. The SMILES string of the molecule is CCCC(C)C(NC)c1ccc(S(C)(=O)=O)cc1. The Morgan fingerprint density at radius 1 is 1.22 bits per heavy atom. The number of sulfone groups is 1. The van der Waals surface area contributed by atoms with E-state index in [0.29, 0.717) is 10.8 Å². The van der Waals surface area contributed by atoms with Crippen molar-refractivity contribution in [2.24, 2.45) is 5.92 Å². The molecule has 0 fully saturated rings. The van der Waals surface area contributed by atoms with E-state index < -0.39 is 9.84 Å². The molecule has 0 aromatic heterocycles. The zero-order chi connectivity index (χ0) is 13.8. The van der Waals surface area contributed by atoms with Gasteiger partial charge in [0.2, 0.25) is 0 Å². The molecule has 0 aliphatic rings. The number of hydrogen-bond acceptors (Lipinski definition) is 3. The van der Waals surface area contributed by atoms with E-state index in [2.05, 4.69) is 19.2 Å². The fraction of sp³-hybridized carbons (Fsp3) is 0.571. The van der Waals surface area contributed by atoms with Crippen LogP contribution in [0.5, 0.6) is 0 Å². The largest absolute Gasteiger partial charge is 0.313 e. The van der Waals surface area contributed by atoms with Crippen molar-refractivity contribution in [3.8, 4) is 0 Å². The Balaban J connectivity index is 2.95. The van der Waals surface area contributed by atoms with Crippen LogP contribution >= 0.6 is 0 Å². The normalized spacial score (nSPS) is 15.3. The minimum atomic E-state index is -3.10. The summed E-state index contributed by atoms with van der Waals surface area (Å²) in [6, 6.07) is 7.47. The molecule has 0 aliphatic heterocycles. The molecule has 18 heavy (non-hydrogen) atoms. The van der Waals surface area contributed by atoms with Gasteiger partial charge < -0.3 is 5.32 Å². The van der Waals surface area contributed by atoms with E-state index in [1.165, 1.54) is 6.26 Å². The Morgan fingerprint density at radius 3 is 2.17 bits per heavy atom. The molecule has 1 N–H and O–H groups in total. The van der Waals surface area contributed by atoms with Crippen molar-refractivity contribution in [2.75, 3.05) is 13.3 Å². The Labute approximate surface area is 111 Å². The molecule has 2 unspecified atom stereocenters. The Hall–Kier alpha value is -0.870. The summed E-state index contributed by atoms with van der Waals surface area (Å²) in [7, 11) is -1.16. The van der Waals surface area contributed by atoms with Crippen molar-refractivity contribution in [3.63, 3.8) is 0 Å². The fourth-order valence-electron chi connectivity index (χ4n) is 2.32. The van der Waals surface area contributed by atoms with E-state index in [4.69, 9.17) is 0 Å². The third-order valence-electron chi connectivity index (χ3n) is 3.29. The topological polar surface area (TPSA) is 46.2 Å². The van der Waals surface area contributed by atoms with Gasteiger partial charge in [-0.1, -0.05) is 32.4 Å². The van der Waals surface area contributed by atoms with Crippen LogP contribution in [-0.4, -0.2) is 21.7 Å². The second kappa shape index (κ2) is 6.34. The third kappa shape index (κ3) is 3.82. The average Bonchev–Trinajstić information content (AvgIpc) is 2.30. The van der Waals surface area contributed by atoms with Crippen molar-refractivity contribution in [2.45, 2.75) is 37.6 Å². The molecule has 1 rings (SSSR count). The van der Waals surface area contributed by atoms with Gasteiger partial charge in [0.05, 0.1) is 4.90 Å². The van der Waals surface area contributed by atoms with E-state index in [1.807, 2.05) is 19.2 Å². The van der Waals surface area contributed by atoms with Crippen molar-refractivity contribution < 1.29 is 8.42 Å². The standard InChI is InChI=1S/C14H23NO2S/c1-5-6-11(2)14(15-3)12-7-9-13(10-8-12)18(4,16)17/h7-11,14-15H,5-6H2,1-4H3. The molecule has 0 bridgehead atoms. The van der Waals surface area contributed by atoms with E-state index in [-0.39, 0.29) is 6.04 Å².